The van der Waals surface area contributed by atoms with Crippen LogP contribution in [0.2, 0.25) is 0 Å². The third-order valence-corrected chi connectivity index (χ3v) is 6.75. The van der Waals surface area contributed by atoms with E-state index in [-0.39, 0.29) is 17.7 Å². The van der Waals surface area contributed by atoms with Crippen LogP contribution < -0.4 is 5.32 Å². The quantitative estimate of drug-likeness (QED) is 0.548. The van der Waals surface area contributed by atoms with Crippen molar-refractivity contribution in [2.45, 2.75) is 63.6 Å². The van der Waals surface area contributed by atoms with Crippen molar-refractivity contribution in [1.82, 2.24) is 25.5 Å². The zero-order chi connectivity index (χ0) is 21.8. The van der Waals surface area contributed by atoms with Gasteiger partial charge in [-0.2, -0.15) is 4.68 Å². The number of amides is 1. The molecule has 4 rings (SSSR count). The molecule has 6 nitrogen and oxygen atoms in total. The van der Waals surface area contributed by atoms with Crippen LogP contribution in [-0.2, 0) is 17.6 Å². The predicted molar refractivity (Wildman–Crippen MR) is 124 cm³/mol. The Labute approximate surface area is 187 Å². The van der Waals surface area contributed by atoms with E-state index in [1.165, 1.54) is 47.7 Å². The van der Waals surface area contributed by atoms with Crippen LogP contribution >= 0.6 is 11.8 Å². The Bertz CT molecular complexity index is 1040. The van der Waals surface area contributed by atoms with E-state index in [1.54, 1.807) is 4.68 Å². The molecule has 2 aromatic carbocycles. The number of fused-ring (bicyclic) bond motifs is 1. The average Bonchev–Trinajstić information content (AvgIpc) is 3.26. The number of nitrogens with one attached hydrogen (secondary N) is 1. The molecule has 0 radical (unpaired) electrons. The lowest BCUT2D eigenvalue weighted by molar-refractivity contribution is -0.119. The van der Waals surface area contributed by atoms with Gasteiger partial charge in [0.25, 0.3) is 0 Å². The van der Waals surface area contributed by atoms with Crippen LogP contribution in [0, 0.1) is 0 Å². The van der Waals surface area contributed by atoms with Crippen LogP contribution in [0.3, 0.4) is 0 Å². The Morgan fingerprint density at radius 2 is 1.74 bits per heavy atom. The summed E-state index contributed by atoms with van der Waals surface area (Å²) in [4.78, 5) is 12.6. The smallest absolute Gasteiger partial charge is 0.230 e. The molecule has 1 heterocycles. The minimum absolute atomic E-state index is 0.0278. The van der Waals surface area contributed by atoms with Crippen LogP contribution in [0.25, 0.3) is 5.69 Å². The Hall–Kier alpha value is -2.67. The third kappa shape index (κ3) is 5.15. The molecule has 1 aliphatic carbocycles. The molecule has 31 heavy (non-hydrogen) atoms. The molecule has 162 valence electrons. The standard InChI is InChI=1S/C24H29N5OS/c1-16(2)18-10-12-22(13-11-18)29-24(26-27-28-29)31-15-23(30)25-17(3)20-9-8-19-6-4-5-7-21(19)14-20/h8-14,16-17H,4-7,15H2,1-3H3,(H,25,30). The second-order valence-corrected chi connectivity index (χ2v) is 9.38. The molecule has 1 unspecified atom stereocenters. The van der Waals surface area contributed by atoms with Crippen LogP contribution in [0.15, 0.2) is 47.6 Å². The maximum atomic E-state index is 12.6. The number of nitrogens with zero attached hydrogens (tertiary/aromatic N) is 4. The normalized spacial score (nSPS) is 14.3. The molecule has 7 heteroatoms. The molecule has 1 aromatic heterocycles. The van der Waals surface area contributed by atoms with Crippen molar-refractivity contribution < 1.29 is 4.79 Å². The first kappa shape index (κ1) is 21.6. The first-order valence-electron chi connectivity index (χ1n) is 10.9. The summed E-state index contributed by atoms with van der Waals surface area (Å²) in [6, 6.07) is 14.8. The van der Waals surface area contributed by atoms with Crippen molar-refractivity contribution in [3.8, 4) is 5.69 Å². The summed E-state index contributed by atoms with van der Waals surface area (Å²) in [7, 11) is 0. The van der Waals surface area contributed by atoms with Gasteiger partial charge in [-0.1, -0.05) is 55.9 Å². The van der Waals surface area contributed by atoms with E-state index >= 15 is 0 Å². The molecular formula is C24H29N5OS. The lowest BCUT2D eigenvalue weighted by atomic mass is 9.89. The fraction of sp³-hybridized carbons (Fsp3) is 0.417. The van der Waals surface area contributed by atoms with Gasteiger partial charge in [-0.3, -0.25) is 4.79 Å². The van der Waals surface area contributed by atoms with Crippen molar-refractivity contribution in [3.05, 3.63) is 64.7 Å². The Kier molecular flexibility index (Phi) is 6.70. The number of tetrazole rings is 1. The number of hydrogen-bond donors (Lipinski definition) is 1. The highest BCUT2D eigenvalue weighted by Crippen LogP contribution is 2.25. The van der Waals surface area contributed by atoms with Crippen LogP contribution in [0.1, 0.15) is 67.8 Å². The fourth-order valence-electron chi connectivity index (χ4n) is 3.95. The number of aryl methyl sites for hydroxylation is 2. The topological polar surface area (TPSA) is 72.7 Å². The minimum Gasteiger partial charge on any atom is -0.349 e. The first-order chi connectivity index (χ1) is 15.0. The largest absolute Gasteiger partial charge is 0.349 e. The number of hydrogen-bond acceptors (Lipinski definition) is 5. The van der Waals surface area contributed by atoms with Gasteiger partial charge in [-0.25, -0.2) is 0 Å². The monoisotopic (exact) mass is 435 g/mol. The van der Waals surface area contributed by atoms with Gasteiger partial charge in [-0.05, 0) is 83.3 Å². The number of benzene rings is 2. The first-order valence-corrected chi connectivity index (χ1v) is 11.9. The molecule has 1 N–H and O–H groups in total. The molecule has 0 bridgehead atoms. The maximum absolute atomic E-state index is 12.6. The van der Waals surface area contributed by atoms with Gasteiger partial charge in [0.1, 0.15) is 0 Å². The minimum atomic E-state index is -0.0279. The van der Waals surface area contributed by atoms with Crippen LogP contribution in [0.5, 0.6) is 0 Å². The summed E-state index contributed by atoms with van der Waals surface area (Å²) < 4.78 is 1.68. The molecule has 1 atom stereocenters. The molecule has 1 aliphatic rings. The van der Waals surface area contributed by atoms with E-state index in [9.17, 15) is 4.79 Å². The molecule has 0 fully saturated rings. The van der Waals surface area contributed by atoms with Gasteiger partial charge in [-0.15, -0.1) is 5.10 Å². The predicted octanol–water partition coefficient (Wildman–Crippen LogP) is 4.63. The fourth-order valence-corrected chi connectivity index (χ4v) is 4.65. The summed E-state index contributed by atoms with van der Waals surface area (Å²) in [6.45, 7) is 6.36. The van der Waals surface area contributed by atoms with Gasteiger partial charge >= 0.3 is 0 Å². The Balaban J connectivity index is 1.36. The molecule has 3 aromatic rings. The second-order valence-electron chi connectivity index (χ2n) is 8.43. The summed E-state index contributed by atoms with van der Waals surface area (Å²) in [5, 5.41) is 15.7. The van der Waals surface area contributed by atoms with E-state index < -0.39 is 0 Å². The van der Waals surface area contributed by atoms with Crippen molar-refractivity contribution in [2.24, 2.45) is 0 Å². The van der Waals surface area contributed by atoms with Crippen molar-refractivity contribution >= 4 is 17.7 Å². The van der Waals surface area contributed by atoms with Gasteiger partial charge in [0.15, 0.2) is 0 Å². The zero-order valence-electron chi connectivity index (χ0n) is 18.3. The van der Waals surface area contributed by atoms with E-state index in [0.29, 0.717) is 11.1 Å². The summed E-state index contributed by atoms with van der Waals surface area (Å²) in [5.41, 5.74) is 6.20. The second kappa shape index (κ2) is 9.64. The molecule has 0 saturated carbocycles. The third-order valence-electron chi connectivity index (χ3n) is 5.83. The maximum Gasteiger partial charge on any atom is 0.230 e. The number of aromatic nitrogens is 4. The number of carbonyl (C=O) groups excluding carboxylic acids is 1. The Morgan fingerprint density at radius 3 is 2.48 bits per heavy atom. The lowest BCUT2D eigenvalue weighted by Gasteiger charge is -2.20. The molecule has 0 saturated heterocycles. The van der Waals surface area contributed by atoms with E-state index in [4.69, 9.17) is 0 Å². The van der Waals surface area contributed by atoms with Gasteiger partial charge < -0.3 is 5.32 Å². The molecule has 0 aliphatic heterocycles. The molecule has 0 spiro atoms. The van der Waals surface area contributed by atoms with Gasteiger partial charge in [0, 0.05) is 0 Å². The van der Waals surface area contributed by atoms with Crippen molar-refractivity contribution in [3.63, 3.8) is 0 Å². The van der Waals surface area contributed by atoms with E-state index in [0.717, 1.165) is 17.7 Å². The summed E-state index contributed by atoms with van der Waals surface area (Å²) in [6.07, 6.45) is 4.84. The average molecular weight is 436 g/mol. The SMILES string of the molecule is CC(C)c1ccc(-n2nnnc2SCC(=O)NC(C)c2ccc3c(c2)CCCC3)cc1. The highest BCUT2D eigenvalue weighted by molar-refractivity contribution is 7.99. The van der Waals surface area contributed by atoms with E-state index in [1.807, 2.05) is 19.1 Å². The molecule has 1 amide bonds. The number of thioether (sulfide) groups is 1. The highest BCUT2D eigenvalue weighted by Gasteiger charge is 2.16. The Morgan fingerprint density at radius 1 is 1.03 bits per heavy atom. The van der Waals surface area contributed by atoms with Crippen LogP contribution in [0.4, 0.5) is 0 Å². The van der Waals surface area contributed by atoms with Crippen molar-refractivity contribution in [1.29, 1.82) is 0 Å². The number of carbonyl (C=O) groups is 1. The van der Waals surface area contributed by atoms with Crippen LogP contribution in [-0.4, -0.2) is 31.9 Å². The zero-order valence-corrected chi connectivity index (χ0v) is 19.2. The number of rotatable bonds is 7. The van der Waals surface area contributed by atoms with Crippen molar-refractivity contribution in [2.75, 3.05) is 5.75 Å². The molecular weight excluding hydrogens is 406 g/mol. The van der Waals surface area contributed by atoms with Gasteiger partial charge in [0.05, 0.1) is 17.5 Å². The highest BCUT2D eigenvalue weighted by atomic mass is 32.2. The lowest BCUT2D eigenvalue weighted by Crippen LogP contribution is -2.28. The van der Waals surface area contributed by atoms with Gasteiger partial charge in [0.2, 0.25) is 11.1 Å². The van der Waals surface area contributed by atoms with E-state index in [2.05, 4.69) is 65.0 Å². The summed E-state index contributed by atoms with van der Waals surface area (Å²) in [5.74, 6) is 0.706. The summed E-state index contributed by atoms with van der Waals surface area (Å²) >= 11 is 1.34.